The third kappa shape index (κ3) is 4.91. The first-order chi connectivity index (χ1) is 16.6. The Kier molecular flexibility index (Phi) is 6.90. The fourth-order valence-corrected chi connectivity index (χ4v) is 5.05. The lowest BCUT2D eigenvalue weighted by atomic mass is 10.1. The lowest BCUT2D eigenvalue weighted by Gasteiger charge is -2.32. The molecule has 3 N–H and O–H groups in total. The molecule has 0 radical (unpaired) electrons. The number of halogens is 2. The van der Waals surface area contributed by atoms with E-state index in [0.717, 1.165) is 29.0 Å². The van der Waals surface area contributed by atoms with E-state index >= 15 is 0 Å². The van der Waals surface area contributed by atoms with E-state index in [-0.39, 0.29) is 18.6 Å². The summed E-state index contributed by atoms with van der Waals surface area (Å²) in [6.45, 7) is -1.20. The topological polar surface area (TPSA) is 198 Å². The lowest BCUT2D eigenvalue weighted by molar-refractivity contribution is -0.127. The van der Waals surface area contributed by atoms with Gasteiger partial charge in [0.25, 0.3) is 5.56 Å². The van der Waals surface area contributed by atoms with Crippen molar-refractivity contribution in [3.8, 4) is 0 Å². The van der Waals surface area contributed by atoms with Crippen LogP contribution in [0.2, 0.25) is 0 Å². The second-order valence-electron chi connectivity index (χ2n) is 7.60. The number of aromatic nitrogens is 2. The first-order valence-electron chi connectivity index (χ1n) is 10.0. The van der Waals surface area contributed by atoms with Crippen molar-refractivity contribution in [1.29, 1.82) is 0 Å². The zero-order valence-corrected chi connectivity index (χ0v) is 18.5. The highest BCUT2D eigenvalue weighted by atomic mass is 31.2. The van der Waals surface area contributed by atoms with E-state index in [1.165, 1.54) is 0 Å². The van der Waals surface area contributed by atoms with Crippen molar-refractivity contribution in [2.45, 2.75) is 36.7 Å². The highest BCUT2D eigenvalue weighted by molar-refractivity contribution is 7.48. The van der Waals surface area contributed by atoms with Gasteiger partial charge in [0.05, 0.1) is 19.3 Å². The summed E-state index contributed by atoms with van der Waals surface area (Å²) in [6.07, 6.45) is -5.61. The summed E-state index contributed by atoms with van der Waals surface area (Å²) in [5.41, 5.74) is 4.75. The highest BCUT2D eigenvalue weighted by Crippen LogP contribution is 2.58. The van der Waals surface area contributed by atoms with Crippen LogP contribution in [0.15, 0.2) is 45.2 Å². The van der Waals surface area contributed by atoms with Crippen molar-refractivity contribution in [2.24, 2.45) is 5.11 Å². The van der Waals surface area contributed by atoms with Gasteiger partial charge in [0.1, 0.15) is 23.8 Å². The van der Waals surface area contributed by atoms with Gasteiger partial charge >= 0.3 is 13.5 Å². The van der Waals surface area contributed by atoms with Crippen LogP contribution >= 0.6 is 7.82 Å². The molecule has 0 amide bonds. The Bertz CT molecular complexity index is 1330. The van der Waals surface area contributed by atoms with Gasteiger partial charge in [0, 0.05) is 35.2 Å². The van der Waals surface area contributed by atoms with Crippen molar-refractivity contribution in [3.63, 3.8) is 0 Å². The van der Waals surface area contributed by atoms with Gasteiger partial charge in [-0.1, -0.05) is 11.2 Å². The average molecular weight is 517 g/mol. The van der Waals surface area contributed by atoms with Crippen LogP contribution in [-0.2, 0) is 22.9 Å². The molecule has 2 aliphatic heterocycles. The molecular weight excluding hydrogens is 499 g/mol. The fraction of sp³-hybridized carbons (Fsp3) is 0.444. The molecular formula is C18H18F2N5O9P. The van der Waals surface area contributed by atoms with Crippen LogP contribution in [0.5, 0.6) is 0 Å². The van der Waals surface area contributed by atoms with Gasteiger partial charge in [0.15, 0.2) is 6.23 Å². The predicted octanol–water partition coefficient (Wildman–Crippen LogP) is 1.37. The van der Waals surface area contributed by atoms with Gasteiger partial charge in [-0.25, -0.2) is 18.1 Å². The Labute approximate surface area is 193 Å². The summed E-state index contributed by atoms with van der Waals surface area (Å²) in [6, 6.07) is 3.67. The molecule has 0 spiro atoms. The Hall–Kier alpha value is -2.94. The predicted molar refractivity (Wildman–Crippen MR) is 110 cm³/mol. The molecule has 0 bridgehead atoms. The molecule has 1 aromatic heterocycles. The Balaban J connectivity index is 1.56. The summed E-state index contributed by atoms with van der Waals surface area (Å²) in [7, 11) is -4.47. The van der Waals surface area contributed by atoms with E-state index in [1.54, 1.807) is 0 Å². The quantitative estimate of drug-likeness (QED) is 0.219. The fourth-order valence-electron chi connectivity index (χ4n) is 3.65. The molecule has 1 aromatic carbocycles. The number of nitrogens with one attached hydrogen (secondary N) is 1. The van der Waals surface area contributed by atoms with E-state index < -0.39 is 67.6 Å². The van der Waals surface area contributed by atoms with Crippen molar-refractivity contribution < 1.29 is 41.9 Å². The molecule has 2 aromatic rings. The third-order valence-electron chi connectivity index (χ3n) is 5.37. The molecule has 3 heterocycles. The second kappa shape index (κ2) is 9.60. The van der Waals surface area contributed by atoms with E-state index in [4.69, 9.17) is 23.8 Å². The molecule has 14 nitrogen and oxygen atoms in total. The molecule has 188 valence electrons. The zero-order valence-electron chi connectivity index (χ0n) is 17.6. The highest BCUT2D eigenvalue weighted by Gasteiger charge is 2.56. The molecule has 0 saturated carbocycles. The number of aliphatic hydroxyl groups excluding tert-OH is 2. The van der Waals surface area contributed by atoms with Crippen molar-refractivity contribution in [3.05, 3.63) is 78.9 Å². The van der Waals surface area contributed by atoms with Crippen LogP contribution in [-0.4, -0.2) is 50.9 Å². The van der Waals surface area contributed by atoms with E-state index in [2.05, 4.69) is 10.0 Å². The summed E-state index contributed by atoms with van der Waals surface area (Å²) < 4.78 is 62.1. The minimum Gasteiger partial charge on any atom is -0.387 e. The minimum atomic E-state index is -4.47. The SMILES string of the molecule is [N-]=[N+]=N[C@]1(CO[P@]2(=O)OCC[C@H](c3ccc(F)cc3F)O2)O[C@@H](n2ccc(=O)[nH]c2=O)[C@H](O)[C@@H]1O. The van der Waals surface area contributed by atoms with Crippen molar-refractivity contribution >= 4 is 7.82 Å². The molecule has 17 heteroatoms. The molecule has 0 aliphatic carbocycles. The van der Waals surface area contributed by atoms with Crippen LogP contribution in [0.3, 0.4) is 0 Å². The van der Waals surface area contributed by atoms with Crippen LogP contribution in [0.1, 0.15) is 24.3 Å². The maximum Gasteiger partial charge on any atom is 0.475 e. The summed E-state index contributed by atoms with van der Waals surface area (Å²) >= 11 is 0. The molecule has 35 heavy (non-hydrogen) atoms. The molecule has 2 fully saturated rings. The first-order valence-corrected chi connectivity index (χ1v) is 11.5. The Morgan fingerprint density at radius 2 is 2.11 bits per heavy atom. The van der Waals surface area contributed by atoms with Gasteiger partial charge in [0.2, 0.25) is 5.72 Å². The number of H-pyrrole nitrogens is 1. The van der Waals surface area contributed by atoms with Gasteiger partial charge < -0.3 is 14.9 Å². The number of aromatic amines is 1. The molecule has 2 aliphatic rings. The average Bonchev–Trinajstić information content (AvgIpc) is 3.04. The van der Waals surface area contributed by atoms with Crippen LogP contribution in [0.25, 0.3) is 10.4 Å². The van der Waals surface area contributed by atoms with Gasteiger partial charge in [-0.05, 0) is 11.6 Å². The molecule has 0 unspecified atom stereocenters. The number of hydrogen-bond acceptors (Lipinski definition) is 10. The number of nitrogens with zero attached hydrogens (tertiary/aromatic N) is 4. The number of ether oxygens (including phenoxy) is 1. The molecule has 4 rings (SSSR count). The Morgan fingerprint density at radius 3 is 2.80 bits per heavy atom. The standard InChI is InChI=1S/C18H18F2N5O9P/c19-9-1-2-10(11(20)7-9)12-4-6-31-35(30,34-12)32-8-18(23-24-21)15(28)14(27)16(33-18)25-5-3-13(26)22-17(25)29/h1-3,5,7,12,14-16,27-28H,4,6,8H2,(H,22,26,29)/t12-,14-,15+,16-,18-,35+/m1/s1. The van der Waals surface area contributed by atoms with Crippen molar-refractivity contribution in [2.75, 3.05) is 13.2 Å². The summed E-state index contributed by atoms with van der Waals surface area (Å²) in [4.78, 5) is 27.9. The van der Waals surface area contributed by atoms with Gasteiger partial charge in [-0.3, -0.25) is 27.9 Å². The number of phosphoric ester groups is 1. The molecule has 2 saturated heterocycles. The van der Waals surface area contributed by atoms with E-state index in [1.807, 2.05) is 4.98 Å². The van der Waals surface area contributed by atoms with Gasteiger partial charge in [-0.2, -0.15) is 0 Å². The number of azide groups is 1. The Morgan fingerprint density at radius 1 is 1.34 bits per heavy atom. The van der Waals surface area contributed by atoms with Gasteiger partial charge in [-0.15, -0.1) is 0 Å². The van der Waals surface area contributed by atoms with E-state index in [0.29, 0.717) is 6.07 Å². The number of phosphoric acid groups is 1. The van der Waals surface area contributed by atoms with E-state index in [9.17, 15) is 33.1 Å². The van der Waals surface area contributed by atoms with Crippen molar-refractivity contribution in [1.82, 2.24) is 9.55 Å². The maximum absolute atomic E-state index is 14.2. The lowest BCUT2D eigenvalue weighted by Crippen LogP contribution is -2.45. The third-order valence-corrected chi connectivity index (χ3v) is 6.82. The summed E-state index contributed by atoms with van der Waals surface area (Å²) in [5, 5.41) is 24.3. The summed E-state index contributed by atoms with van der Waals surface area (Å²) in [5.74, 6) is -1.77. The number of aliphatic hydroxyl groups is 2. The normalized spacial score (nSPS) is 32.8. The molecule has 6 atom stereocenters. The number of hydrogen-bond donors (Lipinski definition) is 3. The number of rotatable bonds is 6. The smallest absolute Gasteiger partial charge is 0.387 e. The maximum atomic E-state index is 14.2. The van der Waals surface area contributed by atoms with Crippen LogP contribution < -0.4 is 11.2 Å². The first kappa shape index (κ1) is 25.2. The van der Waals surface area contributed by atoms with Crippen LogP contribution in [0, 0.1) is 11.6 Å². The number of benzene rings is 1. The largest absolute Gasteiger partial charge is 0.475 e. The van der Waals surface area contributed by atoms with Crippen LogP contribution in [0.4, 0.5) is 8.78 Å². The minimum absolute atomic E-state index is 0.0480. The second-order valence-corrected chi connectivity index (χ2v) is 9.22. The monoisotopic (exact) mass is 517 g/mol. The zero-order chi connectivity index (χ0) is 25.4.